The molecule has 5 rings (SSSR count). The van der Waals surface area contributed by atoms with E-state index in [-0.39, 0.29) is 24.2 Å². The van der Waals surface area contributed by atoms with E-state index >= 15 is 0 Å². The number of hydrogen-bond acceptors (Lipinski definition) is 5. The quantitative estimate of drug-likeness (QED) is 0.339. The Balaban J connectivity index is 1.40. The number of carbonyl (C=O) groups excluding carboxylic acids is 3. The molecule has 3 aromatic carbocycles. The third-order valence-electron chi connectivity index (χ3n) is 6.10. The van der Waals surface area contributed by atoms with Crippen LogP contribution in [0, 0.1) is 18.3 Å². The molecular formula is C29H22N4O3S. The summed E-state index contributed by atoms with van der Waals surface area (Å²) in [6, 6.07) is 24.2. The van der Waals surface area contributed by atoms with Gasteiger partial charge in [0.25, 0.3) is 11.1 Å². The largest absolute Gasteiger partial charge is 0.337 e. The van der Waals surface area contributed by atoms with Crippen molar-refractivity contribution >= 4 is 51.5 Å². The van der Waals surface area contributed by atoms with Gasteiger partial charge in [0.15, 0.2) is 0 Å². The van der Waals surface area contributed by atoms with Crippen molar-refractivity contribution in [3.8, 4) is 6.07 Å². The SMILES string of the molecule is Cc1ccc(NC(=O)Cn2cc(/C=C3/SC(=O)N(Cc4ccccc4C#N)C3=O)c3ccccc32)cc1. The molecule has 2 heterocycles. The number of aryl methyl sites for hydroxylation is 1. The van der Waals surface area contributed by atoms with Crippen LogP contribution < -0.4 is 5.32 Å². The maximum Gasteiger partial charge on any atom is 0.293 e. The number of thioether (sulfide) groups is 1. The number of aromatic nitrogens is 1. The number of benzene rings is 3. The van der Waals surface area contributed by atoms with Crippen LogP contribution in [0.1, 0.15) is 22.3 Å². The lowest BCUT2D eigenvalue weighted by atomic mass is 10.1. The number of amides is 3. The molecule has 0 radical (unpaired) electrons. The minimum absolute atomic E-state index is 0.0344. The van der Waals surface area contributed by atoms with Crippen LogP contribution in [-0.4, -0.2) is 26.5 Å². The van der Waals surface area contributed by atoms with Crippen LogP contribution in [0.4, 0.5) is 10.5 Å². The topological polar surface area (TPSA) is 95.2 Å². The number of hydrogen-bond donors (Lipinski definition) is 1. The van der Waals surface area contributed by atoms with Gasteiger partial charge >= 0.3 is 0 Å². The van der Waals surface area contributed by atoms with Gasteiger partial charge in [-0.05, 0) is 54.6 Å². The fourth-order valence-corrected chi connectivity index (χ4v) is 5.06. The second kappa shape index (κ2) is 10.2. The number of para-hydroxylation sites is 1. The molecule has 8 heteroatoms. The highest BCUT2D eigenvalue weighted by Gasteiger charge is 2.35. The minimum Gasteiger partial charge on any atom is -0.337 e. The second-order valence-electron chi connectivity index (χ2n) is 8.68. The Morgan fingerprint density at radius 3 is 2.54 bits per heavy atom. The van der Waals surface area contributed by atoms with E-state index in [1.165, 1.54) is 0 Å². The summed E-state index contributed by atoms with van der Waals surface area (Å²) >= 11 is 0.871. The summed E-state index contributed by atoms with van der Waals surface area (Å²) in [6.45, 7) is 2.11. The number of nitrogens with zero attached hydrogens (tertiary/aromatic N) is 3. The number of rotatable bonds is 6. The first-order valence-electron chi connectivity index (χ1n) is 11.6. The van der Waals surface area contributed by atoms with E-state index in [2.05, 4.69) is 11.4 Å². The van der Waals surface area contributed by atoms with Gasteiger partial charge < -0.3 is 9.88 Å². The number of imide groups is 1. The standard InChI is InChI=1S/C29H22N4O3S/c1-19-10-12-23(13-11-19)31-27(34)18-32-16-22(24-8-4-5-9-25(24)32)14-26-28(35)33(29(36)37-26)17-21-7-3-2-6-20(21)15-30/h2-14,16H,17-18H2,1H3,(H,31,34)/b26-14+. The summed E-state index contributed by atoms with van der Waals surface area (Å²) in [6.07, 6.45) is 3.51. The van der Waals surface area contributed by atoms with Crippen LogP contribution in [0.5, 0.6) is 0 Å². The highest BCUT2D eigenvalue weighted by molar-refractivity contribution is 8.18. The highest BCUT2D eigenvalue weighted by Crippen LogP contribution is 2.35. The molecule has 7 nitrogen and oxygen atoms in total. The lowest BCUT2D eigenvalue weighted by molar-refractivity contribution is -0.123. The Kier molecular flexibility index (Phi) is 6.62. The van der Waals surface area contributed by atoms with Gasteiger partial charge in [0.05, 0.1) is 23.1 Å². The number of anilines is 1. The van der Waals surface area contributed by atoms with Crippen molar-refractivity contribution in [3.63, 3.8) is 0 Å². The zero-order valence-electron chi connectivity index (χ0n) is 20.0. The Hall–Kier alpha value is -4.61. The summed E-state index contributed by atoms with van der Waals surface area (Å²) < 4.78 is 1.83. The summed E-state index contributed by atoms with van der Waals surface area (Å²) in [5.74, 6) is -0.579. The Labute approximate surface area is 218 Å². The van der Waals surface area contributed by atoms with Gasteiger partial charge in [-0.15, -0.1) is 0 Å². The van der Waals surface area contributed by atoms with E-state index in [4.69, 9.17) is 0 Å². The van der Waals surface area contributed by atoms with Crippen molar-refractivity contribution in [2.75, 3.05) is 5.32 Å². The predicted octanol–water partition coefficient (Wildman–Crippen LogP) is 5.70. The summed E-state index contributed by atoms with van der Waals surface area (Å²) in [5, 5.41) is 12.7. The van der Waals surface area contributed by atoms with Gasteiger partial charge in [-0.25, -0.2) is 0 Å². The average Bonchev–Trinajstić information content (AvgIpc) is 3.37. The van der Waals surface area contributed by atoms with Crippen molar-refractivity contribution in [3.05, 3.63) is 106 Å². The molecule has 0 atom stereocenters. The molecule has 0 saturated carbocycles. The lowest BCUT2D eigenvalue weighted by Gasteiger charge is -2.13. The smallest absolute Gasteiger partial charge is 0.293 e. The van der Waals surface area contributed by atoms with E-state index in [0.29, 0.717) is 16.0 Å². The molecular weight excluding hydrogens is 484 g/mol. The monoisotopic (exact) mass is 506 g/mol. The van der Waals surface area contributed by atoms with E-state index < -0.39 is 5.91 Å². The molecule has 37 heavy (non-hydrogen) atoms. The van der Waals surface area contributed by atoms with Gasteiger partial charge in [0.1, 0.15) is 6.54 Å². The first kappa shape index (κ1) is 24.1. The number of fused-ring (bicyclic) bond motifs is 1. The first-order chi connectivity index (χ1) is 17.9. The lowest BCUT2D eigenvalue weighted by Crippen LogP contribution is -2.27. The predicted molar refractivity (Wildman–Crippen MR) is 144 cm³/mol. The van der Waals surface area contributed by atoms with E-state index in [1.807, 2.05) is 66.2 Å². The van der Waals surface area contributed by atoms with Gasteiger partial charge in [-0.1, -0.05) is 54.1 Å². The first-order valence-corrected chi connectivity index (χ1v) is 12.4. The Bertz CT molecular complexity index is 1610. The molecule has 1 aliphatic rings. The van der Waals surface area contributed by atoms with Gasteiger partial charge in [0.2, 0.25) is 5.91 Å². The van der Waals surface area contributed by atoms with Crippen molar-refractivity contribution in [2.45, 2.75) is 20.0 Å². The van der Waals surface area contributed by atoms with E-state index in [0.717, 1.165) is 44.4 Å². The van der Waals surface area contributed by atoms with Crippen LogP contribution in [0.3, 0.4) is 0 Å². The summed E-state index contributed by atoms with van der Waals surface area (Å²) in [7, 11) is 0. The Morgan fingerprint density at radius 1 is 1.03 bits per heavy atom. The molecule has 1 fully saturated rings. The molecule has 0 aliphatic carbocycles. The molecule has 4 aromatic rings. The molecule has 0 spiro atoms. The van der Waals surface area contributed by atoms with Crippen molar-refractivity contribution in [1.29, 1.82) is 5.26 Å². The van der Waals surface area contributed by atoms with Crippen LogP contribution in [0.15, 0.2) is 83.9 Å². The average molecular weight is 507 g/mol. The molecule has 182 valence electrons. The van der Waals surface area contributed by atoms with Gasteiger partial charge in [-0.2, -0.15) is 5.26 Å². The normalized spacial score (nSPS) is 14.4. The minimum atomic E-state index is -0.406. The number of nitrogens with one attached hydrogen (secondary N) is 1. The zero-order chi connectivity index (χ0) is 25.9. The molecule has 1 aliphatic heterocycles. The summed E-state index contributed by atoms with van der Waals surface area (Å²) in [4.78, 5) is 40.0. The van der Waals surface area contributed by atoms with Gasteiger partial charge in [0, 0.05) is 28.4 Å². The molecule has 1 aromatic heterocycles. The fraction of sp³-hybridized carbons (Fsp3) is 0.103. The van der Waals surface area contributed by atoms with Crippen molar-refractivity contribution < 1.29 is 14.4 Å². The van der Waals surface area contributed by atoms with Crippen LogP contribution >= 0.6 is 11.8 Å². The second-order valence-corrected chi connectivity index (χ2v) is 9.67. The highest BCUT2D eigenvalue weighted by atomic mass is 32.2. The molecule has 1 N–H and O–H groups in total. The fourth-order valence-electron chi connectivity index (χ4n) is 4.23. The molecule has 3 amide bonds. The van der Waals surface area contributed by atoms with Crippen LogP contribution in [0.2, 0.25) is 0 Å². The van der Waals surface area contributed by atoms with E-state index in [1.54, 1.807) is 30.3 Å². The van der Waals surface area contributed by atoms with Crippen molar-refractivity contribution in [1.82, 2.24) is 9.47 Å². The zero-order valence-corrected chi connectivity index (χ0v) is 20.8. The third kappa shape index (κ3) is 5.03. The number of nitriles is 1. The summed E-state index contributed by atoms with van der Waals surface area (Å²) in [5.41, 5.74) is 4.45. The third-order valence-corrected chi connectivity index (χ3v) is 7.00. The maximum atomic E-state index is 13.1. The van der Waals surface area contributed by atoms with E-state index in [9.17, 15) is 19.6 Å². The Morgan fingerprint density at radius 2 is 1.76 bits per heavy atom. The molecule has 0 bridgehead atoms. The molecule has 1 saturated heterocycles. The van der Waals surface area contributed by atoms with Crippen LogP contribution in [-0.2, 0) is 22.7 Å². The maximum absolute atomic E-state index is 13.1. The van der Waals surface area contributed by atoms with Crippen molar-refractivity contribution in [2.24, 2.45) is 0 Å². The molecule has 0 unspecified atom stereocenters. The number of carbonyl (C=O) groups is 3. The van der Waals surface area contributed by atoms with Crippen LogP contribution in [0.25, 0.3) is 17.0 Å². The van der Waals surface area contributed by atoms with Gasteiger partial charge in [-0.3, -0.25) is 19.3 Å².